The first-order chi connectivity index (χ1) is 7.70. The zero-order valence-electron chi connectivity index (χ0n) is 10.8. The van der Waals surface area contributed by atoms with Crippen molar-refractivity contribution in [3.63, 3.8) is 0 Å². The van der Waals surface area contributed by atoms with E-state index in [0.29, 0.717) is 6.42 Å². The van der Waals surface area contributed by atoms with E-state index in [1.54, 1.807) is 32.9 Å². The minimum atomic E-state index is -0.803. The molecule has 0 bridgehead atoms. The van der Waals surface area contributed by atoms with Gasteiger partial charge in [-0.1, -0.05) is 12.2 Å². The predicted octanol–water partition coefficient (Wildman–Crippen LogP) is 1.47. The van der Waals surface area contributed by atoms with Crippen molar-refractivity contribution >= 4 is 11.8 Å². The summed E-state index contributed by atoms with van der Waals surface area (Å²) < 4.78 is 5.23. The molecule has 4 heteroatoms. The molecule has 96 valence electrons. The molecule has 3 atom stereocenters. The number of aliphatic hydroxyl groups is 1. The average Bonchev–Trinajstić information content (AvgIpc) is 2.47. The highest BCUT2D eigenvalue weighted by Gasteiger charge is 2.37. The second-order valence-corrected chi connectivity index (χ2v) is 5.47. The van der Waals surface area contributed by atoms with Gasteiger partial charge in [0.2, 0.25) is 0 Å². The molecule has 1 rings (SSSR count). The minimum Gasteiger partial charge on any atom is -0.459 e. The largest absolute Gasteiger partial charge is 0.459 e. The monoisotopic (exact) mass is 240 g/mol. The molecule has 0 aliphatic heterocycles. The van der Waals surface area contributed by atoms with Crippen molar-refractivity contribution < 1.29 is 19.4 Å². The molecule has 17 heavy (non-hydrogen) atoms. The minimum absolute atomic E-state index is 0.219. The molecule has 0 spiro atoms. The van der Waals surface area contributed by atoms with Crippen LogP contribution in [0.5, 0.6) is 0 Å². The molecule has 1 aliphatic carbocycles. The van der Waals surface area contributed by atoms with Gasteiger partial charge in [-0.05, 0) is 40.0 Å². The summed E-state index contributed by atoms with van der Waals surface area (Å²) in [4.78, 5) is 23.5. The zero-order valence-corrected chi connectivity index (χ0v) is 10.8. The quantitative estimate of drug-likeness (QED) is 0.461. The molecule has 0 heterocycles. The van der Waals surface area contributed by atoms with E-state index in [1.807, 2.05) is 0 Å². The third-order valence-electron chi connectivity index (χ3n) is 2.62. The van der Waals surface area contributed by atoms with E-state index in [-0.39, 0.29) is 11.7 Å². The summed E-state index contributed by atoms with van der Waals surface area (Å²) >= 11 is 0. The Morgan fingerprint density at radius 2 is 1.94 bits per heavy atom. The summed E-state index contributed by atoms with van der Waals surface area (Å²) in [6.07, 6.45) is 3.18. The van der Waals surface area contributed by atoms with Crippen molar-refractivity contribution in [2.45, 2.75) is 45.8 Å². The van der Waals surface area contributed by atoms with Gasteiger partial charge in [-0.15, -0.1) is 0 Å². The maximum atomic E-state index is 11.9. The zero-order chi connectivity index (χ0) is 13.2. The van der Waals surface area contributed by atoms with E-state index in [4.69, 9.17) is 4.74 Å². The fourth-order valence-corrected chi connectivity index (χ4v) is 1.96. The van der Waals surface area contributed by atoms with Crippen LogP contribution in [0.25, 0.3) is 0 Å². The molecule has 1 unspecified atom stereocenters. The topological polar surface area (TPSA) is 63.6 Å². The fraction of sp³-hybridized carbons (Fsp3) is 0.692. The Labute approximate surface area is 102 Å². The molecule has 0 amide bonds. The molecule has 0 radical (unpaired) electrons. The van der Waals surface area contributed by atoms with Gasteiger partial charge < -0.3 is 9.84 Å². The van der Waals surface area contributed by atoms with Crippen molar-refractivity contribution in [3.05, 3.63) is 12.2 Å². The molecular weight excluding hydrogens is 220 g/mol. The van der Waals surface area contributed by atoms with E-state index in [2.05, 4.69) is 0 Å². The van der Waals surface area contributed by atoms with Crippen LogP contribution in [0.1, 0.15) is 34.1 Å². The molecule has 1 aliphatic rings. The number of hydrogen-bond acceptors (Lipinski definition) is 4. The predicted molar refractivity (Wildman–Crippen MR) is 63.3 cm³/mol. The Kier molecular flexibility index (Phi) is 4.09. The van der Waals surface area contributed by atoms with Crippen molar-refractivity contribution in [2.75, 3.05) is 0 Å². The third-order valence-corrected chi connectivity index (χ3v) is 2.62. The molecular formula is C13H20O4. The van der Waals surface area contributed by atoms with Gasteiger partial charge in [-0.2, -0.15) is 0 Å². The maximum Gasteiger partial charge on any atom is 0.317 e. The van der Waals surface area contributed by atoms with Crippen molar-refractivity contribution in [1.82, 2.24) is 0 Å². The highest BCUT2D eigenvalue weighted by Crippen LogP contribution is 2.28. The van der Waals surface area contributed by atoms with Crippen LogP contribution >= 0.6 is 0 Å². The maximum absolute atomic E-state index is 11.9. The number of carbonyl (C=O) groups excluding carboxylic acids is 2. The molecule has 0 aromatic heterocycles. The number of rotatable bonds is 3. The van der Waals surface area contributed by atoms with E-state index >= 15 is 0 Å². The molecule has 4 nitrogen and oxygen atoms in total. The highest BCUT2D eigenvalue weighted by molar-refractivity contribution is 5.98. The van der Waals surface area contributed by atoms with Gasteiger partial charge in [0.15, 0.2) is 0 Å². The van der Waals surface area contributed by atoms with Crippen molar-refractivity contribution in [2.24, 2.45) is 11.8 Å². The summed E-state index contributed by atoms with van der Waals surface area (Å²) in [6, 6.07) is 0. The summed E-state index contributed by atoms with van der Waals surface area (Å²) in [5, 5.41) is 9.39. The number of ether oxygens (including phenoxy) is 1. The van der Waals surface area contributed by atoms with Crippen LogP contribution in [0.4, 0.5) is 0 Å². The Balaban J connectivity index is 2.77. The number of carbonyl (C=O) groups is 2. The van der Waals surface area contributed by atoms with Gasteiger partial charge in [0.05, 0.1) is 6.10 Å². The van der Waals surface area contributed by atoms with E-state index in [0.717, 1.165) is 0 Å². The molecule has 0 aromatic carbocycles. The molecule has 0 aromatic rings. The Morgan fingerprint density at radius 3 is 2.29 bits per heavy atom. The summed E-state index contributed by atoms with van der Waals surface area (Å²) in [5.74, 6) is -1.78. The van der Waals surface area contributed by atoms with Crippen LogP contribution in [0.3, 0.4) is 0 Å². The van der Waals surface area contributed by atoms with E-state index in [9.17, 15) is 14.7 Å². The van der Waals surface area contributed by atoms with Gasteiger partial charge in [-0.25, -0.2) is 0 Å². The lowest BCUT2D eigenvalue weighted by molar-refractivity contribution is -0.163. The van der Waals surface area contributed by atoms with Crippen molar-refractivity contribution in [1.29, 1.82) is 0 Å². The number of hydrogen-bond donors (Lipinski definition) is 1. The SMILES string of the molecule is CC(=O)C(C(=O)OC(C)(C)C)[C@H]1C=C[C@@H](O)C1. The standard InChI is InChI=1S/C13H20O4/c1-8(14)11(9-5-6-10(15)7-9)12(16)17-13(2,3)4/h5-6,9-11,15H,7H2,1-4H3/t9-,10+,11?/m0/s1. The van der Waals surface area contributed by atoms with Crippen LogP contribution < -0.4 is 0 Å². The van der Waals surface area contributed by atoms with Crippen LogP contribution in [-0.4, -0.2) is 28.6 Å². The third kappa shape index (κ3) is 3.97. The van der Waals surface area contributed by atoms with Crippen LogP contribution in [0.15, 0.2) is 12.2 Å². The first kappa shape index (κ1) is 13.9. The smallest absolute Gasteiger partial charge is 0.317 e. The lowest BCUT2D eigenvalue weighted by Gasteiger charge is -2.25. The lowest BCUT2D eigenvalue weighted by Crippen LogP contribution is -2.35. The molecule has 1 N–H and O–H groups in total. The number of allylic oxidation sites excluding steroid dienone is 1. The summed E-state index contributed by atoms with van der Waals surface area (Å²) in [6.45, 7) is 6.68. The number of ketones is 1. The first-order valence-corrected chi connectivity index (χ1v) is 5.80. The molecule has 0 saturated carbocycles. The van der Waals surface area contributed by atoms with Gasteiger partial charge in [0.1, 0.15) is 17.3 Å². The first-order valence-electron chi connectivity index (χ1n) is 5.80. The van der Waals surface area contributed by atoms with E-state index < -0.39 is 23.6 Å². The molecule has 0 saturated heterocycles. The Bertz CT molecular complexity index is 338. The van der Waals surface area contributed by atoms with Crippen LogP contribution in [-0.2, 0) is 14.3 Å². The second-order valence-electron chi connectivity index (χ2n) is 5.47. The normalized spacial score (nSPS) is 25.7. The summed E-state index contributed by atoms with van der Waals surface area (Å²) in [7, 11) is 0. The fourth-order valence-electron chi connectivity index (χ4n) is 1.96. The van der Waals surface area contributed by atoms with E-state index in [1.165, 1.54) is 6.92 Å². The van der Waals surface area contributed by atoms with Crippen LogP contribution in [0, 0.1) is 11.8 Å². The lowest BCUT2D eigenvalue weighted by atomic mass is 9.88. The van der Waals surface area contributed by atoms with Gasteiger partial charge >= 0.3 is 5.97 Å². The van der Waals surface area contributed by atoms with Gasteiger partial charge in [-0.3, -0.25) is 9.59 Å². The van der Waals surface area contributed by atoms with Gasteiger partial charge in [0.25, 0.3) is 0 Å². The second kappa shape index (κ2) is 5.00. The Morgan fingerprint density at radius 1 is 1.35 bits per heavy atom. The number of esters is 1. The Hall–Kier alpha value is -1.16. The van der Waals surface area contributed by atoms with Crippen LogP contribution in [0.2, 0.25) is 0 Å². The highest BCUT2D eigenvalue weighted by atomic mass is 16.6. The summed E-state index contributed by atoms with van der Waals surface area (Å²) in [5.41, 5.74) is -0.605. The number of aliphatic hydroxyl groups excluding tert-OH is 1. The number of Topliss-reactive ketones (excluding diaryl/α,β-unsaturated/α-hetero) is 1. The molecule has 0 fully saturated rings. The average molecular weight is 240 g/mol. The van der Waals surface area contributed by atoms with Crippen molar-refractivity contribution in [3.8, 4) is 0 Å². The van der Waals surface area contributed by atoms with Gasteiger partial charge in [0, 0.05) is 0 Å².